The molecule has 45 heavy (non-hydrogen) atoms. The Labute approximate surface area is 270 Å². The summed E-state index contributed by atoms with van der Waals surface area (Å²) < 4.78 is 26.9. The molecule has 1 saturated heterocycles. The third kappa shape index (κ3) is 11.8. The van der Waals surface area contributed by atoms with E-state index in [4.69, 9.17) is 0 Å². The number of benzene rings is 4. The minimum Gasteiger partial charge on any atom is -0.297 e. The molecule has 4 aromatic rings. The molecule has 1 fully saturated rings. The number of hydrogen-bond donors (Lipinski definition) is 0. The highest BCUT2D eigenvalue weighted by Crippen LogP contribution is 2.12. The molecule has 0 saturated carbocycles. The Balaban J connectivity index is 1.39. The molecule has 5 rings (SSSR count). The summed E-state index contributed by atoms with van der Waals surface area (Å²) in [6.45, 7) is 9.58. The highest BCUT2D eigenvalue weighted by atomic mass is 32.2. The Bertz CT molecular complexity index is 1380. The topological polar surface area (TPSA) is 47.1 Å². The molecule has 0 radical (unpaired) electrons. The van der Waals surface area contributed by atoms with E-state index in [1.807, 2.05) is 12.1 Å². The van der Waals surface area contributed by atoms with Crippen molar-refractivity contribution < 1.29 is 8.42 Å². The predicted octanol–water partition coefficient (Wildman–Crippen LogP) is 5.42. The average molecular weight is 625 g/mol. The van der Waals surface area contributed by atoms with Gasteiger partial charge in [-0.25, -0.2) is 8.42 Å². The molecule has 4 aromatic carbocycles. The lowest BCUT2D eigenvalue weighted by molar-refractivity contribution is 0.154. The highest BCUT2D eigenvalue weighted by molar-refractivity contribution is 7.91. The largest absolute Gasteiger partial charge is 0.297 e. The van der Waals surface area contributed by atoms with Gasteiger partial charge in [-0.1, -0.05) is 121 Å². The van der Waals surface area contributed by atoms with E-state index >= 15 is 0 Å². The normalized spacial score (nSPS) is 18.6. The molecule has 0 atom stereocenters. The lowest BCUT2D eigenvalue weighted by Crippen LogP contribution is -2.41. The third-order valence-corrected chi connectivity index (χ3v) is 10.2. The quantitative estimate of drug-likeness (QED) is 0.261. The standard InChI is InChI=1S/C38H48N4O2S/c43-45(44)29-27-41(33-37-17-9-3-10-18-37)25-23-39(31-35-13-5-1-6-14-35)21-22-40(32-36-15-7-2-8-16-36)24-26-42(28-30-45)34-38-19-11-4-12-20-38/h1-20H,21-34H2. The van der Waals surface area contributed by atoms with Crippen LogP contribution in [0.3, 0.4) is 0 Å². The molecule has 0 bridgehead atoms. The van der Waals surface area contributed by atoms with Gasteiger partial charge in [0.25, 0.3) is 0 Å². The van der Waals surface area contributed by atoms with E-state index in [1.165, 1.54) is 22.3 Å². The molecule has 1 aliphatic heterocycles. The van der Waals surface area contributed by atoms with E-state index in [0.717, 1.165) is 65.4 Å². The summed E-state index contributed by atoms with van der Waals surface area (Å²) in [7, 11) is -3.23. The highest BCUT2D eigenvalue weighted by Gasteiger charge is 2.20. The van der Waals surface area contributed by atoms with Gasteiger partial charge in [-0.15, -0.1) is 0 Å². The molecule has 0 amide bonds. The summed E-state index contributed by atoms with van der Waals surface area (Å²) in [5.41, 5.74) is 5.03. The summed E-state index contributed by atoms with van der Waals surface area (Å²) in [5, 5.41) is 0. The van der Waals surface area contributed by atoms with Crippen LogP contribution in [0.15, 0.2) is 121 Å². The van der Waals surface area contributed by atoms with Gasteiger partial charge < -0.3 is 0 Å². The maximum Gasteiger partial charge on any atom is 0.152 e. The van der Waals surface area contributed by atoms with Gasteiger partial charge in [-0.2, -0.15) is 0 Å². The Kier molecular flexibility index (Phi) is 12.8. The Morgan fingerprint density at radius 3 is 0.822 bits per heavy atom. The van der Waals surface area contributed by atoms with Crippen molar-refractivity contribution in [2.24, 2.45) is 0 Å². The summed E-state index contributed by atoms with van der Waals surface area (Å²) >= 11 is 0. The Morgan fingerprint density at radius 1 is 0.356 bits per heavy atom. The molecule has 0 spiro atoms. The average Bonchev–Trinajstić information content (AvgIpc) is 3.07. The van der Waals surface area contributed by atoms with Crippen LogP contribution in [0.25, 0.3) is 0 Å². The van der Waals surface area contributed by atoms with Crippen LogP contribution in [-0.4, -0.2) is 91.9 Å². The van der Waals surface area contributed by atoms with Crippen molar-refractivity contribution in [3.8, 4) is 0 Å². The molecular weight excluding hydrogens is 577 g/mol. The van der Waals surface area contributed by atoms with Gasteiger partial charge >= 0.3 is 0 Å². The first-order valence-corrected chi connectivity index (χ1v) is 18.1. The number of rotatable bonds is 8. The second kappa shape index (κ2) is 17.4. The number of hydrogen-bond acceptors (Lipinski definition) is 6. The first-order valence-electron chi connectivity index (χ1n) is 16.3. The van der Waals surface area contributed by atoms with E-state index in [-0.39, 0.29) is 11.5 Å². The zero-order valence-electron chi connectivity index (χ0n) is 26.5. The fraction of sp³-hybridized carbons (Fsp3) is 0.368. The van der Waals surface area contributed by atoms with Crippen molar-refractivity contribution in [1.82, 2.24) is 19.6 Å². The third-order valence-electron chi connectivity index (χ3n) is 8.63. The molecule has 1 heterocycles. The smallest absolute Gasteiger partial charge is 0.152 e. The SMILES string of the molecule is O=S1(=O)CCN(Cc2ccccc2)CCN(Cc2ccccc2)CCN(Cc2ccccc2)CCN(Cc2ccccc2)CC1. The van der Waals surface area contributed by atoms with Gasteiger partial charge in [0.05, 0.1) is 11.5 Å². The van der Waals surface area contributed by atoms with Crippen LogP contribution in [0.4, 0.5) is 0 Å². The van der Waals surface area contributed by atoms with Crippen LogP contribution < -0.4 is 0 Å². The maximum atomic E-state index is 13.4. The van der Waals surface area contributed by atoms with Gasteiger partial charge in [0.15, 0.2) is 9.84 Å². The number of sulfone groups is 1. The van der Waals surface area contributed by atoms with Crippen LogP contribution in [0.5, 0.6) is 0 Å². The van der Waals surface area contributed by atoms with E-state index in [1.54, 1.807) is 0 Å². The minimum absolute atomic E-state index is 0.178. The first-order chi connectivity index (χ1) is 22.0. The van der Waals surface area contributed by atoms with Crippen molar-refractivity contribution in [2.45, 2.75) is 26.2 Å². The second-order valence-electron chi connectivity index (χ2n) is 12.2. The van der Waals surface area contributed by atoms with Crippen molar-refractivity contribution in [1.29, 1.82) is 0 Å². The van der Waals surface area contributed by atoms with Gasteiger partial charge in [0.2, 0.25) is 0 Å². The zero-order chi connectivity index (χ0) is 31.2. The van der Waals surface area contributed by atoms with Crippen molar-refractivity contribution in [3.63, 3.8) is 0 Å². The van der Waals surface area contributed by atoms with Gasteiger partial charge in [0, 0.05) is 78.5 Å². The van der Waals surface area contributed by atoms with E-state index in [2.05, 4.69) is 129 Å². The van der Waals surface area contributed by atoms with Crippen molar-refractivity contribution in [3.05, 3.63) is 144 Å². The molecule has 1 aliphatic rings. The van der Waals surface area contributed by atoms with Crippen LogP contribution in [0.1, 0.15) is 22.3 Å². The molecule has 238 valence electrons. The number of nitrogens with zero attached hydrogens (tertiary/aromatic N) is 4. The van der Waals surface area contributed by atoms with E-state index in [9.17, 15) is 8.42 Å². The fourth-order valence-electron chi connectivity index (χ4n) is 5.93. The fourth-order valence-corrected chi connectivity index (χ4v) is 7.21. The zero-order valence-corrected chi connectivity index (χ0v) is 27.3. The summed E-state index contributed by atoms with van der Waals surface area (Å²) in [5.74, 6) is 0.357. The molecule has 0 N–H and O–H groups in total. The van der Waals surface area contributed by atoms with Crippen LogP contribution in [0.2, 0.25) is 0 Å². The molecule has 6 nitrogen and oxygen atoms in total. The van der Waals surface area contributed by atoms with E-state index in [0.29, 0.717) is 13.1 Å². The maximum absolute atomic E-state index is 13.4. The minimum atomic E-state index is -3.23. The summed E-state index contributed by atoms with van der Waals surface area (Å²) in [4.78, 5) is 9.74. The lowest BCUT2D eigenvalue weighted by atomic mass is 10.2. The summed E-state index contributed by atoms with van der Waals surface area (Å²) in [6, 6.07) is 42.2. The molecule has 0 unspecified atom stereocenters. The summed E-state index contributed by atoms with van der Waals surface area (Å²) in [6.07, 6.45) is 0. The Hall–Kier alpha value is -3.33. The van der Waals surface area contributed by atoms with Crippen LogP contribution in [0, 0.1) is 0 Å². The van der Waals surface area contributed by atoms with Gasteiger partial charge in [-0.3, -0.25) is 19.6 Å². The van der Waals surface area contributed by atoms with Gasteiger partial charge in [-0.05, 0) is 22.3 Å². The van der Waals surface area contributed by atoms with Crippen molar-refractivity contribution in [2.75, 3.05) is 63.9 Å². The van der Waals surface area contributed by atoms with Crippen LogP contribution >= 0.6 is 0 Å². The molecule has 0 aliphatic carbocycles. The monoisotopic (exact) mass is 624 g/mol. The molecular formula is C38H48N4O2S. The Morgan fingerprint density at radius 2 is 0.578 bits per heavy atom. The second-order valence-corrected chi connectivity index (χ2v) is 14.5. The van der Waals surface area contributed by atoms with E-state index < -0.39 is 9.84 Å². The predicted molar refractivity (Wildman–Crippen MR) is 186 cm³/mol. The van der Waals surface area contributed by atoms with Crippen molar-refractivity contribution >= 4 is 9.84 Å². The lowest BCUT2D eigenvalue weighted by Gasteiger charge is -2.31. The van der Waals surface area contributed by atoms with Gasteiger partial charge in [0.1, 0.15) is 0 Å². The first kappa shape index (κ1) is 33.0. The molecule has 0 aromatic heterocycles. The molecule has 7 heteroatoms. The van der Waals surface area contributed by atoms with Crippen LogP contribution in [-0.2, 0) is 36.0 Å².